The first kappa shape index (κ1) is 14.4. The molecular formula is C15H24OS. The summed E-state index contributed by atoms with van der Waals surface area (Å²) in [5.74, 6) is 0.678. The highest BCUT2D eigenvalue weighted by Crippen LogP contribution is 2.42. The van der Waals surface area contributed by atoms with Crippen molar-refractivity contribution in [3.63, 3.8) is 0 Å². The standard InChI is InChI=1S/C15H24OS/c1-7-17(16)13-11-9-8-10-12(13)15(5,6)14(2,3)4/h8-11H,7H2,1-6H3. The van der Waals surface area contributed by atoms with Gasteiger partial charge in [-0.3, -0.25) is 4.21 Å². The van der Waals surface area contributed by atoms with Gasteiger partial charge in [0.1, 0.15) is 0 Å². The third-order valence-corrected chi connectivity index (χ3v) is 5.31. The minimum Gasteiger partial charge on any atom is -0.254 e. The second kappa shape index (κ2) is 4.93. The Bertz CT molecular complexity index is 413. The third kappa shape index (κ3) is 2.79. The molecule has 0 heterocycles. The first-order valence-electron chi connectivity index (χ1n) is 6.19. The molecule has 0 saturated heterocycles. The van der Waals surface area contributed by atoms with E-state index < -0.39 is 10.8 Å². The number of rotatable bonds is 3. The summed E-state index contributed by atoms with van der Waals surface area (Å²) in [5, 5.41) is 0. The molecular weight excluding hydrogens is 228 g/mol. The quantitative estimate of drug-likeness (QED) is 0.790. The molecule has 0 saturated carbocycles. The third-order valence-electron chi connectivity index (χ3n) is 3.94. The molecule has 0 N–H and O–H groups in total. The molecule has 0 bridgehead atoms. The van der Waals surface area contributed by atoms with E-state index in [1.165, 1.54) is 5.56 Å². The summed E-state index contributed by atoms with van der Waals surface area (Å²) in [4.78, 5) is 0.995. The smallest absolute Gasteiger partial charge is 0.0529 e. The Kier molecular flexibility index (Phi) is 4.19. The highest BCUT2D eigenvalue weighted by atomic mass is 32.2. The van der Waals surface area contributed by atoms with Gasteiger partial charge in [-0.05, 0) is 22.5 Å². The molecule has 0 fully saturated rings. The predicted octanol–water partition coefficient (Wildman–Crippen LogP) is 4.14. The van der Waals surface area contributed by atoms with Crippen LogP contribution < -0.4 is 0 Å². The van der Waals surface area contributed by atoms with Crippen LogP contribution in [0.3, 0.4) is 0 Å². The Morgan fingerprint density at radius 3 is 2.06 bits per heavy atom. The molecule has 1 aromatic rings. The maximum Gasteiger partial charge on any atom is 0.0529 e. The Morgan fingerprint density at radius 1 is 1.06 bits per heavy atom. The van der Waals surface area contributed by atoms with Crippen LogP contribution in [0.15, 0.2) is 29.2 Å². The Hall–Kier alpha value is -0.630. The van der Waals surface area contributed by atoms with Crippen molar-refractivity contribution >= 4 is 10.8 Å². The average molecular weight is 252 g/mol. The lowest BCUT2D eigenvalue weighted by atomic mass is 9.65. The van der Waals surface area contributed by atoms with Crippen LogP contribution >= 0.6 is 0 Å². The zero-order chi connectivity index (χ0) is 13.3. The second-order valence-corrected chi connectivity index (χ2v) is 7.71. The molecule has 17 heavy (non-hydrogen) atoms. The molecule has 0 amide bonds. The lowest BCUT2D eigenvalue weighted by Crippen LogP contribution is -2.35. The Labute approximate surface area is 108 Å². The van der Waals surface area contributed by atoms with Crippen molar-refractivity contribution in [1.82, 2.24) is 0 Å². The first-order valence-corrected chi connectivity index (χ1v) is 7.51. The van der Waals surface area contributed by atoms with Crippen LogP contribution in [0, 0.1) is 5.41 Å². The van der Waals surface area contributed by atoms with Crippen molar-refractivity contribution in [3.05, 3.63) is 29.8 Å². The fourth-order valence-electron chi connectivity index (χ4n) is 1.74. The van der Waals surface area contributed by atoms with Crippen molar-refractivity contribution in [2.24, 2.45) is 5.41 Å². The largest absolute Gasteiger partial charge is 0.254 e. The predicted molar refractivity (Wildman–Crippen MR) is 75.9 cm³/mol. The minimum absolute atomic E-state index is 0.00836. The minimum atomic E-state index is -0.883. The number of hydrogen-bond acceptors (Lipinski definition) is 1. The van der Waals surface area contributed by atoms with Crippen molar-refractivity contribution in [2.75, 3.05) is 5.75 Å². The van der Waals surface area contributed by atoms with E-state index in [9.17, 15) is 4.21 Å². The molecule has 0 aliphatic heterocycles. The van der Waals surface area contributed by atoms with Gasteiger partial charge in [-0.1, -0.05) is 59.7 Å². The van der Waals surface area contributed by atoms with Gasteiger partial charge in [0, 0.05) is 10.6 Å². The van der Waals surface area contributed by atoms with Gasteiger partial charge in [-0.15, -0.1) is 0 Å². The molecule has 0 aliphatic rings. The van der Waals surface area contributed by atoms with Gasteiger partial charge in [-0.2, -0.15) is 0 Å². The first-order chi connectivity index (χ1) is 7.71. The SMILES string of the molecule is CCS(=O)c1ccccc1C(C)(C)C(C)(C)C. The molecule has 0 aromatic heterocycles. The zero-order valence-electron chi connectivity index (χ0n) is 11.8. The van der Waals surface area contributed by atoms with Crippen molar-refractivity contribution in [2.45, 2.75) is 51.9 Å². The van der Waals surface area contributed by atoms with E-state index in [1.807, 2.05) is 25.1 Å². The molecule has 2 heteroatoms. The van der Waals surface area contributed by atoms with Gasteiger partial charge in [0.05, 0.1) is 10.8 Å². The summed E-state index contributed by atoms with van der Waals surface area (Å²) in [6, 6.07) is 8.14. The fraction of sp³-hybridized carbons (Fsp3) is 0.600. The van der Waals surface area contributed by atoms with Crippen molar-refractivity contribution in [3.8, 4) is 0 Å². The van der Waals surface area contributed by atoms with Crippen LogP contribution in [-0.2, 0) is 16.2 Å². The fourth-order valence-corrected chi connectivity index (χ4v) is 2.85. The lowest BCUT2D eigenvalue weighted by Gasteiger charge is -2.40. The highest BCUT2D eigenvalue weighted by molar-refractivity contribution is 7.85. The molecule has 1 atom stereocenters. The van der Waals surface area contributed by atoms with E-state index in [1.54, 1.807) is 0 Å². The van der Waals surface area contributed by atoms with Crippen LogP contribution in [0.4, 0.5) is 0 Å². The maximum atomic E-state index is 12.1. The molecule has 1 aromatic carbocycles. The highest BCUT2D eigenvalue weighted by Gasteiger charge is 2.36. The van der Waals surface area contributed by atoms with Gasteiger partial charge in [0.2, 0.25) is 0 Å². The van der Waals surface area contributed by atoms with Gasteiger partial charge >= 0.3 is 0 Å². The van der Waals surface area contributed by atoms with Crippen LogP contribution in [0.2, 0.25) is 0 Å². The van der Waals surface area contributed by atoms with E-state index in [0.717, 1.165) is 4.90 Å². The van der Waals surface area contributed by atoms with Gasteiger partial charge < -0.3 is 0 Å². The van der Waals surface area contributed by atoms with Gasteiger partial charge in [-0.25, -0.2) is 0 Å². The van der Waals surface area contributed by atoms with Crippen LogP contribution in [0.5, 0.6) is 0 Å². The summed E-state index contributed by atoms with van der Waals surface area (Å²) in [6.45, 7) is 13.1. The summed E-state index contributed by atoms with van der Waals surface area (Å²) in [6.07, 6.45) is 0. The number of hydrogen-bond donors (Lipinski definition) is 0. The van der Waals surface area contributed by atoms with E-state index in [2.05, 4.69) is 40.7 Å². The van der Waals surface area contributed by atoms with Crippen LogP contribution in [-0.4, -0.2) is 9.96 Å². The summed E-state index contributed by atoms with van der Waals surface area (Å²) >= 11 is 0. The van der Waals surface area contributed by atoms with Gasteiger partial charge in [0.25, 0.3) is 0 Å². The maximum absolute atomic E-state index is 12.1. The van der Waals surface area contributed by atoms with E-state index in [-0.39, 0.29) is 10.8 Å². The monoisotopic (exact) mass is 252 g/mol. The lowest BCUT2D eigenvalue weighted by molar-refractivity contribution is 0.222. The molecule has 0 radical (unpaired) electrons. The van der Waals surface area contributed by atoms with E-state index in [0.29, 0.717) is 5.75 Å². The Balaban J connectivity index is 3.37. The second-order valence-electron chi connectivity index (χ2n) is 6.01. The van der Waals surface area contributed by atoms with Crippen molar-refractivity contribution in [1.29, 1.82) is 0 Å². The molecule has 1 rings (SSSR count). The molecule has 1 nitrogen and oxygen atoms in total. The van der Waals surface area contributed by atoms with Gasteiger partial charge in [0.15, 0.2) is 0 Å². The Morgan fingerprint density at radius 2 is 1.59 bits per heavy atom. The van der Waals surface area contributed by atoms with Crippen LogP contribution in [0.1, 0.15) is 47.1 Å². The summed E-state index contributed by atoms with van der Waals surface area (Å²) in [5.41, 5.74) is 1.36. The summed E-state index contributed by atoms with van der Waals surface area (Å²) in [7, 11) is -0.883. The van der Waals surface area contributed by atoms with E-state index >= 15 is 0 Å². The zero-order valence-corrected chi connectivity index (χ0v) is 12.6. The van der Waals surface area contributed by atoms with Crippen molar-refractivity contribution < 1.29 is 4.21 Å². The van der Waals surface area contributed by atoms with E-state index in [4.69, 9.17) is 0 Å². The molecule has 96 valence electrons. The molecule has 0 spiro atoms. The van der Waals surface area contributed by atoms with Crippen LogP contribution in [0.25, 0.3) is 0 Å². The summed E-state index contributed by atoms with van der Waals surface area (Å²) < 4.78 is 12.1. The normalized spacial score (nSPS) is 14.7. The average Bonchev–Trinajstić information content (AvgIpc) is 2.26. The number of benzene rings is 1. The molecule has 0 aliphatic carbocycles. The molecule has 1 unspecified atom stereocenters. The topological polar surface area (TPSA) is 17.1 Å².